The average Bonchev–Trinajstić information content (AvgIpc) is 2.96. The van der Waals surface area contributed by atoms with E-state index >= 15 is 0 Å². The fourth-order valence-corrected chi connectivity index (χ4v) is 5.02. The van der Waals surface area contributed by atoms with Crippen molar-refractivity contribution in [2.45, 2.75) is 19.4 Å². The monoisotopic (exact) mass is 396 g/mol. The Hall–Kier alpha value is -2.06. The molecule has 26 heavy (non-hydrogen) atoms. The number of anilines is 3. The third kappa shape index (κ3) is 4.19. The molecule has 1 N–H and O–H groups in total. The third-order valence-electron chi connectivity index (χ3n) is 4.36. The highest BCUT2D eigenvalue weighted by Gasteiger charge is 2.32. The van der Waals surface area contributed by atoms with Gasteiger partial charge in [0.25, 0.3) is 0 Å². The van der Waals surface area contributed by atoms with Crippen molar-refractivity contribution >= 4 is 38.8 Å². The molecule has 1 unspecified atom stereocenters. The van der Waals surface area contributed by atoms with Crippen LogP contribution in [0.3, 0.4) is 0 Å². The molecule has 0 bridgehead atoms. The van der Waals surface area contributed by atoms with Crippen LogP contribution in [0.15, 0.2) is 30.6 Å². The molecular weight excluding hydrogens is 376 g/mol. The quantitative estimate of drug-likeness (QED) is 0.803. The zero-order valence-electron chi connectivity index (χ0n) is 14.6. The lowest BCUT2D eigenvalue weighted by atomic mass is 10.2. The molecule has 140 valence electrons. The molecule has 1 saturated heterocycles. The molecule has 1 aliphatic heterocycles. The van der Waals surface area contributed by atoms with Crippen LogP contribution in [0.2, 0.25) is 5.02 Å². The van der Waals surface area contributed by atoms with Crippen molar-refractivity contribution in [3.8, 4) is 5.75 Å². The molecule has 1 fully saturated rings. The zero-order valence-corrected chi connectivity index (χ0v) is 16.2. The smallest absolute Gasteiger partial charge is 0.152 e. The van der Waals surface area contributed by atoms with Crippen LogP contribution in [-0.4, -0.2) is 49.6 Å². The van der Waals surface area contributed by atoms with Gasteiger partial charge >= 0.3 is 0 Å². The summed E-state index contributed by atoms with van der Waals surface area (Å²) < 4.78 is 28.9. The number of nitrogens with zero attached hydrogens (tertiary/aromatic N) is 3. The number of sulfone groups is 1. The van der Waals surface area contributed by atoms with E-state index in [0.29, 0.717) is 41.1 Å². The van der Waals surface area contributed by atoms with Gasteiger partial charge in [-0.1, -0.05) is 11.6 Å². The van der Waals surface area contributed by atoms with Crippen LogP contribution in [-0.2, 0) is 9.84 Å². The van der Waals surface area contributed by atoms with E-state index in [9.17, 15) is 8.42 Å². The number of halogens is 1. The summed E-state index contributed by atoms with van der Waals surface area (Å²) in [4.78, 5) is 10.6. The topological polar surface area (TPSA) is 84.4 Å². The van der Waals surface area contributed by atoms with Crippen LogP contribution in [0.4, 0.5) is 17.3 Å². The fraction of sp³-hybridized carbons (Fsp3) is 0.412. The van der Waals surface area contributed by atoms with E-state index in [-0.39, 0.29) is 17.5 Å². The van der Waals surface area contributed by atoms with Crippen LogP contribution in [0.1, 0.15) is 13.3 Å². The van der Waals surface area contributed by atoms with Crippen molar-refractivity contribution in [3.63, 3.8) is 0 Å². The van der Waals surface area contributed by atoms with Gasteiger partial charge in [0.15, 0.2) is 9.84 Å². The number of nitrogens with one attached hydrogen (secondary N) is 1. The minimum Gasteiger partial charge on any atom is -0.495 e. The molecule has 1 aromatic heterocycles. The Morgan fingerprint density at radius 1 is 1.35 bits per heavy atom. The van der Waals surface area contributed by atoms with Crippen molar-refractivity contribution in [3.05, 3.63) is 35.6 Å². The van der Waals surface area contributed by atoms with Gasteiger partial charge in [-0.3, -0.25) is 0 Å². The van der Waals surface area contributed by atoms with Crippen molar-refractivity contribution in [1.82, 2.24) is 9.97 Å². The van der Waals surface area contributed by atoms with Gasteiger partial charge in [-0.05, 0) is 31.5 Å². The fourth-order valence-electron chi connectivity index (χ4n) is 3.12. The first-order valence-electron chi connectivity index (χ1n) is 8.31. The van der Waals surface area contributed by atoms with Gasteiger partial charge in [0.1, 0.15) is 23.7 Å². The SMILES string of the molecule is CCN(c1cc(Nc2cc(Cl)ccc2OC)ncn1)C1CCS(=O)(=O)C1. The molecule has 9 heteroatoms. The highest BCUT2D eigenvalue weighted by Crippen LogP contribution is 2.31. The van der Waals surface area contributed by atoms with Gasteiger partial charge in [0.2, 0.25) is 0 Å². The second kappa shape index (κ2) is 7.67. The average molecular weight is 397 g/mol. The van der Waals surface area contributed by atoms with Crippen molar-refractivity contribution in [1.29, 1.82) is 0 Å². The van der Waals surface area contributed by atoms with Crippen molar-refractivity contribution in [2.75, 3.05) is 35.4 Å². The molecule has 0 spiro atoms. The summed E-state index contributed by atoms with van der Waals surface area (Å²) in [5.41, 5.74) is 0.691. The van der Waals surface area contributed by atoms with E-state index in [0.717, 1.165) is 0 Å². The summed E-state index contributed by atoms with van der Waals surface area (Å²) in [5.74, 6) is 2.30. The normalized spacial score (nSPS) is 18.5. The number of methoxy groups -OCH3 is 1. The molecule has 0 saturated carbocycles. The first kappa shape index (κ1) is 18.7. The van der Waals surface area contributed by atoms with Gasteiger partial charge in [0.05, 0.1) is 24.3 Å². The minimum atomic E-state index is -2.96. The van der Waals surface area contributed by atoms with Crippen molar-refractivity contribution < 1.29 is 13.2 Å². The van der Waals surface area contributed by atoms with E-state index in [4.69, 9.17) is 16.3 Å². The molecule has 2 heterocycles. The van der Waals surface area contributed by atoms with Crippen LogP contribution in [0, 0.1) is 0 Å². The Morgan fingerprint density at radius 2 is 2.15 bits per heavy atom. The second-order valence-electron chi connectivity index (χ2n) is 6.07. The van der Waals surface area contributed by atoms with Gasteiger partial charge in [-0.15, -0.1) is 0 Å². The Balaban J connectivity index is 1.85. The molecule has 1 aromatic carbocycles. The first-order chi connectivity index (χ1) is 12.4. The molecule has 7 nitrogen and oxygen atoms in total. The van der Waals surface area contributed by atoms with Gasteiger partial charge in [-0.25, -0.2) is 18.4 Å². The van der Waals surface area contributed by atoms with E-state index in [1.54, 1.807) is 31.4 Å². The third-order valence-corrected chi connectivity index (χ3v) is 6.35. The Morgan fingerprint density at radius 3 is 2.81 bits per heavy atom. The summed E-state index contributed by atoms with van der Waals surface area (Å²) in [5, 5.41) is 3.76. The summed E-state index contributed by atoms with van der Waals surface area (Å²) in [6, 6.07) is 7.01. The molecule has 0 amide bonds. The molecule has 2 aromatic rings. The van der Waals surface area contributed by atoms with E-state index in [1.807, 2.05) is 11.8 Å². The van der Waals surface area contributed by atoms with Crippen LogP contribution >= 0.6 is 11.6 Å². The van der Waals surface area contributed by atoms with E-state index in [1.165, 1.54) is 6.33 Å². The summed E-state index contributed by atoms with van der Waals surface area (Å²) in [6.45, 7) is 2.65. The van der Waals surface area contributed by atoms with Gasteiger partial charge in [0, 0.05) is 23.7 Å². The number of rotatable bonds is 6. The summed E-state index contributed by atoms with van der Waals surface area (Å²) in [7, 11) is -1.38. The number of aromatic nitrogens is 2. The Labute approximate surface area is 158 Å². The number of ether oxygens (including phenoxy) is 1. The molecule has 0 radical (unpaired) electrons. The van der Waals surface area contributed by atoms with Gasteiger partial charge < -0.3 is 15.0 Å². The zero-order chi connectivity index (χ0) is 18.7. The first-order valence-corrected chi connectivity index (χ1v) is 10.5. The van der Waals surface area contributed by atoms with Crippen molar-refractivity contribution in [2.24, 2.45) is 0 Å². The predicted octanol–water partition coefficient (Wildman–Crippen LogP) is 2.90. The van der Waals surface area contributed by atoms with Crippen LogP contribution in [0.5, 0.6) is 5.75 Å². The molecule has 1 aliphatic rings. The number of hydrogen-bond donors (Lipinski definition) is 1. The molecule has 0 aliphatic carbocycles. The lowest BCUT2D eigenvalue weighted by Gasteiger charge is -2.28. The Kier molecular flexibility index (Phi) is 5.52. The molecule has 1 atom stereocenters. The maximum Gasteiger partial charge on any atom is 0.152 e. The highest BCUT2D eigenvalue weighted by atomic mass is 35.5. The number of benzene rings is 1. The second-order valence-corrected chi connectivity index (χ2v) is 8.74. The predicted molar refractivity (Wildman–Crippen MR) is 103 cm³/mol. The summed E-state index contributed by atoms with van der Waals surface area (Å²) in [6.07, 6.45) is 2.08. The maximum atomic E-state index is 11.8. The largest absolute Gasteiger partial charge is 0.495 e. The highest BCUT2D eigenvalue weighted by molar-refractivity contribution is 7.91. The van der Waals surface area contributed by atoms with E-state index < -0.39 is 9.84 Å². The molecular formula is C17H21ClN4O3S. The standard InChI is InChI=1S/C17H21ClN4O3S/c1-3-22(13-6-7-26(23,24)10-13)17-9-16(19-11-20-17)21-14-8-12(18)4-5-15(14)25-2/h4-5,8-9,11,13H,3,6-7,10H2,1-2H3,(H,19,20,21). The van der Waals surface area contributed by atoms with Crippen LogP contribution < -0.4 is 15.0 Å². The number of hydrogen-bond acceptors (Lipinski definition) is 7. The minimum absolute atomic E-state index is 0.0616. The summed E-state index contributed by atoms with van der Waals surface area (Å²) >= 11 is 6.06. The van der Waals surface area contributed by atoms with Gasteiger partial charge in [-0.2, -0.15) is 0 Å². The lowest BCUT2D eigenvalue weighted by molar-refractivity contribution is 0.417. The lowest BCUT2D eigenvalue weighted by Crippen LogP contribution is -2.36. The van der Waals surface area contributed by atoms with Crippen LogP contribution in [0.25, 0.3) is 0 Å². The Bertz CT molecular complexity index is 891. The van der Waals surface area contributed by atoms with E-state index in [2.05, 4.69) is 15.3 Å². The maximum absolute atomic E-state index is 11.8. The molecule has 3 rings (SSSR count).